The zero-order valence-electron chi connectivity index (χ0n) is 8.27. The summed E-state index contributed by atoms with van der Waals surface area (Å²) >= 11 is 2.02. The number of ketones is 2. The Kier molecular flexibility index (Phi) is 5.49. The van der Waals surface area contributed by atoms with Crippen molar-refractivity contribution in [2.45, 2.75) is 18.1 Å². The molecular formula is C8H11IN2O4S. The van der Waals surface area contributed by atoms with Crippen molar-refractivity contribution < 1.29 is 19.2 Å². The van der Waals surface area contributed by atoms with E-state index in [-0.39, 0.29) is 23.4 Å². The van der Waals surface area contributed by atoms with Crippen molar-refractivity contribution in [3.63, 3.8) is 0 Å². The predicted octanol–water partition coefficient (Wildman–Crippen LogP) is 0.586. The third-order valence-electron chi connectivity index (χ3n) is 2.35. The molecule has 16 heavy (non-hydrogen) atoms. The summed E-state index contributed by atoms with van der Waals surface area (Å²) in [5.74, 6) is 3.92. The summed E-state index contributed by atoms with van der Waals surface area (Å²) in [7, 11) is 1.36. The lowest BCUT2D eigenvalue weighted by atomic mass is 10.0. The predicted molar refractivity (Wildman–Crippen MR) is 66.8 cm³/mol. The molecule has 1 rings (SSSR count). The molecule has 1 aliphatic rings. The second-order valence-corrected chi connectivity index (χ2v) is 5.60. The van der Waals surface area contributed by atoms with Gasteiger partial charge in [0.15, 0.2) is 5.78 Å². The number of hydrogen-bond donors (Lipinski definition) is 2. The van der Waals surface area contributed by atoms with E-state index in [2.05, 4.69) is 16.1 Å². The molecule has 2 atom stereocenters. The summed E-state index contributed by atoms with van der Waals surface area (Å²) < 4.78 is 0. The van der Waals surface area contributed by atoms with Gasteiger partial charge in [0.2, 0.25) is 0 Å². The van der Waals surface area contributed by atoms with E-state index in [0.717, 1.165) is 0 Å². The van der Waals surface area contributed by atoms with E-state index < -0.39 is 12.0 Å². The molecule has 1 aliphatic carbocycles. The molecule has 0 radical (unpaired) electrons. The number of nitrogens with two attached hydrogens (primary N) is 1. The van der Waals surface area contributed by atoms with Crippen molar-refractivity contribution in [2.24, 2.45) is 11.8 Å². The minimum absolute atomic E-state index is 0.0488. The van der Waals surface area contributed by atoms with E-state index >= 15 is 0 Å². The Morgan fingerprint density at radius 2 is 2.31 bits per heavy atom. The molecular weight excluding hydrogens is 347 g/mol. The van der Waals surface area contributed by atoms with Gasteiger partial charge in [-0.15, -0.1) is 0 Å². The maximum absolute atomic E-state index is 11.7. The van der Waals surface area contributed by atoms with Gasteiger partial charge in [-0.3, -0.25) is 9.59 Å². The third kappa shape index (κ3) is 3.32. The molecule has 1 fully saturated rings. The van der Waals surface area contributed by atoms with E-state index in [1.807, 2.05) is 21.2 Å². The first-order valence-electron chi connectivity index (χ1n) is 4.58. The van der Waals surface area contributed by atoms with Gasteiger partial charge in [0.05, 0.1) is 11.2 Å². The highest BCUT2D eigenvalue weighted by Gasteiger charge is 2.40. The van der Waals surface area contributed by atoms with Gasteiger partial charge in [-0.2, -0.15) is 5.90 Å². The fourth-order valence-corrected chi connectivity index (χ4v) is 3.32. The Labute approximate surface area is 109 Å². The Balaban J connectivity index is 2.40. The van der Waals surface area contributed by atoms with E-state index in [9.17, 15) is 14.4 Å². The number of hydrogen-bond acceptors (Lipinski definition) is 6. The van der Waals surface area contributed by atoms with Crippen LogP contribution in [0, 0.1) is 5.92 Å². The molecule has 6 nitrogen and oxygen atoms in total. The van der Waals surface area contributed by atoms with Gasteiger partial charge in [-0.05, 0) is 27.6 Å². The number of Topliss-reactive ketones (excluding diaryl/α,β-unsaturated/α-hetero) is 2. The summed E-state index contributed by atoms with van der Waals surface area (Å²) in [4.78, 5) is 37.7. The SMILES string of the molecule is NOC(=O)NCCC1C(=O)CC(SI)C1=O. The van der Waals surface area contributed by atoms with Crippen LogP contribution in [-0.2, 0) is 14.4 Å². The lowest BCUT2D eigenvalue weighted by Crippen LogP contribution is -2.30. The quantitative estimate of drug-likeness (QED) is 0.434. The molecule has 0 aromatic rings. The van der Waals surface area contributed by atoms with Crippen LogP contribution in [0.2, 0.25) is 0 Å². The van der Waals surface area contributed by atoms with E-state index in [0.29, 0.717) is 12.8 Å². The monoisotopic (exact) mass is 358 g/mol. The maximum Gasteiger partial charge on any atom is 0.425 e. The van der Waals surface area contributed by atoms with Gasteiger partial charge in [0, 0.05) is 13.0 Å². The number of rotatable bonds is 4. The lowest BCUT2D eigenvalue weighted by molar-refractivity contribution is -0.127. The average Bonchev–Trinajstić information content (AvgIpc) is 2.55. The van der Waals surface area contributed by atoms with Gasteiger partial charge >= 0.3 is 6.09 Å². The molecule has 2 unspecified atom stereocenters. The number of carbonyl (C=O) groups excluding carboxylic acids is 3. The number of halogens is 1. The van der Waals surface area contributed by atoms with Crippen molar-refractivity contribution >= 4 is 47.8 Å². The van der Waals surface area contributed by atoms with E-state index in [1.54, 1.807) is 0 Å². The zero-order chi connectivity index (χ0) is 12.1. The smallest absolute Gasteiger partial charge is 0.357 e. The first-order valence-corrected chi connectivity index (χ1v) is 8.00. The molecule has 1 saturated carbocycles. The summed E-state index contributed by atoms with van der Waals surface area (Å²) in [6.45, 7) is 0.205. The standard InChI is InChI=1S/C8H11IN2O4S/c9-16-6-3-5(12)4(7(6)13)1-2-11-8(14)15-10/h4,6H,1-3,10H2,(H,11,14). The Morgan fingerprint density at radius 3 is 2.81 bits per heavy atom. The molecule has 3 N–H and O–H groups in total. The van der Waals surface area contributed by atoms with Gasteiger partial charge in [0.25, 0.3) is 0 Å². The van der Waals surface area contributed by atoms with Crippen LogP contribution in [0.5, 0.6) is 0 Å². The Hall–Kier alpha value is -0.350. The second kappa shape index (κ2) is 6.40. The fourth-order valence-electron chi connectivity index (χ4n) is 1.55. The number of carbonyl (C=O) groups is 3. The van der Waals surface area contributed by atoms with Gasteiger partial charge in [-0.1, -0.05) is 8.93 Å². The highest BCUT2D eigenvalue weighted by atomic mass is 127. The molecule has 8 heteroatoms. The third-order valence-corrected chi connectivity index (χ3v) is 4.81. The molecule has 0 aromatic heterocycles. The van der Waals surface area contributed by atoms with Crippen LogP contribution in [0.25, 0.3) is 0 Å². The van der Waals surface area contributed by atoms with Crippen LogP contribution in [0.3, 0.4) is 0 Å². The minimum Gasteiger partial charge on any atom is -0.357 e. The topological polar surface area (TPSA) is 98.5 Å². The van der Waals surface area contributed by atoms with Crippen LogP contribution < -0.4 is 11.2 Å². The first-order chi connectivity index (χ1) is 7.60. The van der Waals surface area contributed by atoms with E-state index in [4.69, 9.17) is 0 Å². The largest absolute Gasteiger partial charge is 0.425 e. The summed E-state index contributed by atoms with van der Waals surface area (Å²) in [5.41, 5.74) is 0. The van der Waals surface area contributed by atoms with Crippen molar-refractivity contribution in [1.29, 1.82) is 0 Å². The van der Waals surface area contributed by atoms with Crippen LogP contribution in [0.1, 0.15) is 12.8 Å². The second-order valence-electron chi connectivity index (χ2n) is 3.32. The van der Waals surface area contributed by atoms with Crippen molar-refractivity contribution in [1.82, 2.24) is 5.32 Å². The maximum atomic E-state index is 11.7. The summed E-state index contributed by atoms with van der Waals surface area (Å²) in [6.07, 6.45) is -0.170. The Bertz CT molecular complexity index is 312. The van der Waals surface area contributed by atoms with Crippen LogP contribution >= 0.6 is 30.1 Å². The molecule has 90 valence electrons. The fraction of sp³-hybridized carbons (Fsp3) is 0.625. The van der Waals surface area contributed by atoms with Crippen LogP contribution in [-0.4, -0.2) is 29.5 Å². The molecule has 0 heterocycles. The van der Waals surface area contributed by atoms with Crippen molar-refractivity contribution in [3.05, 3.63) is 0 Å². The van der Waals surface area contributed by atoms with Gasteiger partial charge in [0.1, 0.15) is 5.78 Å². The lowest BCUT2D eigenvalue weighted by Gasteiger charge is -2.07. The molecule has 0 bridgehead atoms. The summed E-state index contributed by atoms with van der Waals surface area (Å²) in [6, 6.07) is 0. The van der Waals surface area contributed by atoms with Gasteiger partial charge < -0.3 is 10.2 Å². The minimum atomic E-state index is -0.766. The van der Waals surface area contributed by atoms with Crippen LogP contribution in [0.4, 0.5) is 4.79 Å². The highest BCUT2D eigenvalue weighted by Crippen LogP contribution is 2.33. The molecule has 0 aliphatic heterocycles. The van der Waals surface area contributed by atoms with Crippen molar-refractivity contribution in [3.8, 4) is 0 Å². The van der Waals surface area contributed by atoms with Gasteiger partial charge in [-0.25, -0.2) is 4.79 Å². The average molecular weight is 358 g/mol. The molecule has 0 aromatic carbocycles. The number of nitrogens with one attached hydrogen (secondary N) is 1. The molecule has 0 spiro atoms. The summed E-state index contributed by atoms with van der Waals surface area (Å²) in [5, 5.41) is 2.10. The Morgan fingerprint density at radius 1 is 1.62 bits per heavy atom. The highest BCUT2D eigenvalue weighted by molar-refractivity contribution is 14.2. The molecule has 0 saturated heterocycles. The molecule has 1 amide bonds. The van der Waals surface area contributed by atoms with E-state index in [1.165, 1.54) is 8.93 Å². The van der Waals surface area contributed by atoms with Crippen molar-refractivity contribution in [2.75, 3.05) is 6.54 Å². The van der Waals surface area contributed by atoms with Crippen LogP contribution in [0.15, 0.2) is 0 Å². The normalized spacial score (nSPS) is 24.6. The number of amides is 1. The zero-order valence-corrected chi connectivity index (χ0v) is 11.2. The first kappa shape index (κ1) is 13.7.